The number of carboxylic acids is 1. The maximum Gasteiger partial charge on any atom is 0.251 e. The van der Waals surface area contributed by atoms with Crippen LogP contribution in [0, 0.1) is 0 Å². The highest BCUT2D eigenvalue weighted by Crippen LogP contribution is 2.42. The lowest BCUT2D eigenvalue weighted by molar-refractivity contribution is -0.462. The second-order valence-electron chi connectivity index (χ2n) is 11.6. The van der Waals surface area contributed by atoms with Gasteiger partial charge < -0.3 is 35.3 Å². The fraction of sp³-hybridized carbons (Fsp3) is 0.364. The van der Waals surface area contributed by atoms with Gasteiger partial charge in [-0.05, 0) is 63.0 Å². The number of fused-ring (bicyclic) bond motifs is 2. The van der Waals surface area contributed by atoms with Gasteiger partial charge in [0.1, 0.15) is 22.2 Å². The first-order chi connectivity index (χ1) is 20.5. The molecule has 10 heteroatoms. The quantitative estimate of drug-likeness (QED) is 0.214. The second kappa shape index (κ2) is 13.6. The minimum atomic E-state index is -2.19. The van der Waals surface area contributed by atoms with Gasteiger partial charge in [-0.3, -0.25) is 4.79 Å². The number of ether oxygens (including phenoxy) is 2. The summed E-state index contributed by atoms with van der Waals surface area (Å²) in [5, 5.41) is 17.8. The van der Waals surface area contributed by atoms with E-state index in [4.69, 9.17) is 15.2 Å². The van der Waals surface area contributed by atoms with Crippen molar-refractivity contribution in [3.8, 4) is 0 Å². The molecule has 0 fully saturated rings. The fourth-order valence-electron chi connectivity index (χ4n) is 5.49. The standard InChI is InChI=1S/C33H42N4O5Si/c1-36(2)23-8-11-26-29(20-23)43(5,6)30-21-24(37(3)4)9-12-27(30)31(26)25-10-7-22(19-28(25)33(39)40)32(38)35-14-16-42-18-17-41-15-13-34/h7-12,19-21H,13-18,34H2,1-6H3,(H-,35,38,39,40). The number of benzene rings is 2. The molecule has 0 atom stereocenters. The van der Waals surface area contributed by atoms with E-state index >= 15 is 0 Å². The Morgan fingerprint density at radius 1 is 0.977 bits per heavy atom. The van der Waals surface area contributed by atoms with Crippen LogP contribution >= 0.6 is 0 Å². The lowest BCUT2D eigenvalue weighted by Gasteiger charge is -2.38. The zero-order chi connectivity index (χ0) is 31.3. The van der Waals surface area contributed by atoms with Gasteiger partial charge in [-0.15, -0.1) is 0 Å². The van der Waals surface area contributed by atoms with Crippen LogP contribution in [0.3, 0.4) is 0 Å². The number of carbonyl (C=O) groups is 2. The SMILES string of the molecule is CN(C)c1ccc2c(c1)[Si](C)(C)C1=CC(=[N+](C)C)C=CC1=C2c1ccc(C(=O)NCCOCCOCCN)cc1C(=O)[O-]. The van der Waals surface area contributed by atoms with Gasteiger partial charge in [0.05, 0.1) is 32.4 Å². The minimum Gasteiger partial charge on any atom is -0.545 e. The summed E-state index contributed by atoms with van der Waals surface area (Å²) in [5.74, 6) is -1.72. The molecule has 9 nitrogen and oxygen atoms in total. The average Bonchev–Trinajstić information content (AvgIpc) is 2.98. The van der Waals surface area contributed by atoms with E-state index in [1.54, 1.807) is 12.1 Å². The van der Waals surface area contributed by atoms with E-state index in [0.29, 0.717) is 38.5 Å². The first kappa shape index (κ1) is 32.1. The number of hydrogen-bond donors (Lipinski definition) is 2. The number of rotatable bonds is 12. The van der Waals surface area contributed by atoms with Crippen molar-refractivity contribution in [3.63, 3.8) is 0 Å². The van der Waals surface area contributed by atoms with Crippen molar-refractivity contribution in [2.45, 2.75) is 13.1 Å². The average molecular weight is 603 g/mol. The molecule has 0 spiro atoms. The molecule has 4 rings (SSSR count). The highest BCUT2D eigenvalue weighted by molar-refractivity contribution is 6.98. The van der Waals surface area contributed by atoms with Crippen LogP contribution in [0.15, 0.2) is 65.4 Å². The van der Waals surface area contributed by atoms with Crippen molar-refractivity contribution in [1.29, 1.82) is 0 Å². The lowest BCUT2D eigenvalue weighted by Crippen LogP contribution is -2.50. The van der Waals surface area contributed by atoms with Crippen LogP contribution in [0.1, 0.15) is 31.8 Å². The Morgan fingerprint density at radius 3 is 2.33 bits per heavy atom. The summed E-state index contributed by atoms with van der Waals surface area (Å²) in [7, 11) is 5.88. The monoisotopic (exact) mass is 602 g/mol. The van der Waals surface area contributed by atoms with E-state index in [-0.39, 0.29) is 23.6 Å². The largest absolute Gasteiger partial charge is 0.545 e. The van der Waals surface area contributed by atoms with Gasteiger partial charge >= 0.3 is 0 Å². The smallest absolute Gasteiger partial charge is 0.251 e. The molecule has 0 bridgehead atoms. The molecular formula is C33H42N4O5Si. The van der Waals surface area contributed by atoms with Gasteiger partial charge in [-0.2, -0.15) is 0 Å². The molecule has 0 saturated carbocycles. The van der Waals surface area contributed by atoms with Crippen LogP contribution in [-0.2, 0) is 9.47 Å². The summed E-state index contributed by atoms with van der Waals surface area (Å²) in [6.07, 6.45) is 6.40. The molecule has 3 N–H and O–H groups in total. The van der Waals surface area contributed by atoms with Gasteiger partial charge in [-0.25, -0.2) is 4.58 Å². The Kier molecular flexibility index (Phi) is 10.2. The molecule has 0 unspecified atom stereocenters. The molecule has 1 heterocycles. The molecule has 2 aromatic carbocycles. The molecule has 0 radical (unpaired) electrons. The molecule has 2 aromatic rings. The summed E-state index contributed by atoms with van der Waals surface area (Å²) in [6.45, 7) is 7.01. The van der Waals surface area contributed by atoms with Gasteiger partial charge in [0.15, 0.2) is 5.71 Å². The predicted octanol–water partition coefficient (Wildman–Crippen LogP) is 1.32. The normalized spacial score (nSPS) is 15.0. The molecule has 1 aliphatic carbocycles. The number of carboxylic acid groups (broad SMARTS) is 1. The van der Waals surface area contributed by atoms with E-state index in [0.717, 1.165) is 28.1 Å². The van der Waals surface area contributed by atoms with Crippen molar-refractivity contribution < 1.29 is 28.7 Å². The van der Waals surface area contributed by atoms with Crippen molar-refractivity contribution in [1.82, 2.24) is 5.32 Å². The summed E-state index contributed by atoms with van der Waals surface area (Å²) in [4.78, 5) is 27.6. The number of nitrogens with one attached hydrogen (secondary N) is 1. The van der Waals surface area contributed by atoms with E-state index in [9.17, 15) is 14.7 Å². The van der Waals surface area contributed by atoms with Crippen molar-refractivity contribution >= 4 is 42.1 Å². The van der Waals surface area contributed by atoms with Crippen LogP contribution in [0.5, 0.6) is 0 Å². The Bertz CT molecular complexity index is 1530. The summed E-state index contributed by atoms with van der Waals surface area (Å²) < 4.78 is 12.8. The number of aromatic carboxylic acids is 1. The number of hydrogen-bond acceptors (Lipinski definition) is 7. The minimum absolute atomic E-state index is 0.0254. The summed E-state index contributed by atoms with van der Waals surface area (Å²) >= 11 is 0. The van der Waals surface area contributed by atoms with Gasteiger partial charge in [0, 0.05) is 56.2 Å². The van der Waals surface area contributed by atoms with Crippen molar-refractivity contribution in [3.05, 3.63) is 87.6 Å². The third-order valence-electron chi connectivity index (χ3n) is 7.86. The molecule has 2 aliphatic rings. The highest BCUT2D eigenvalue weighted by Gasteiger charge is 2.40. The third-order valence-corrected chi connectivity index (χ3v) is 11.4. The summed E-state index contributed by atoms with van der Waals surface area (Å²) in [6, 6.07) is 11.2. The molecular weight excluding hydrogens is 560 g/mol. The Hall–Kier alpha value is -3.83. The van der Waals surface area contributed by atoms with Crippen LogP contribution in [-0.4, -0.2) is 97.9 Å². The number of allylic oxidation sites excluding steroid dienone is 5. The maximum absolute atomic E-state index is 12.9. The van der Waals surface area contributed by atoms with Crippen LogP contribution in [0.25, 0.3) is 5.57 Å². The number of anilines is 1. The first-order valence-electron chi connectivity index (χ1n) is 14.5. The zero-order valence-electron chi connectivity index (χ0n) is 26.0. The fourth-order valence-corrected chi connectivity index (χ4v) is 8.56. The first-order valence-corrected chi connectivity index (χ1v) is 17.5. The Morgan fingerprint density at radius 2 is 1.67 bits per heavy atom. The third kappa shape index (κ3) is 6.88. The summed E-state index contributed by atoms with van der Waals surface area (Å²) in [5.41, 5.74) is 11.2. The number of nitrogens with zero attached hydrogens (tertiary/aromatic N) is 2. The Labute approximate surface area is 255 Å². The molecule has 1 amide bonds. The zero-order valence-corrected chi connectivity index (χ0v) is 27.0. The topological polar surface area (TPSA) is 120 Å². The van der Waals surface area contributed by atoms with Crippen molar-refractivity contribution in [2.75, 3.05) is 72.6 Å². The molecule has 228 valence electrons. The van der Waals surface area contributed by atoms with Crippen molar-refractivity contribution in [2.24, 2.45) is 5.73 Å². The highest BCUT2D eigenvalue weighted by atomic mass is 28.3. The van der Waals surface area contributed by atoms with Gasteiger partial charge in [0.25, 0.3) is 5.91 Å². The number of amides is 1. The molecule has 1 aliphatic heterocycles. The Balaban J connectivity index is 1.73. The van der Waals surface area contributed by atoms with E-state index < -0.39 is 14.0 Å². The number of nitrogens with two attached hydrogens (primary N) is 1. The maximum atomic E-state index is 12.9. The van der Waals surface area contributed by atoms with Crippen LogP contribution in [0.4, 0.5) is 5.69 Å². The van der Waals surface area contributed by atoms with Crippen LogP contribution in [0.2, 0.25) is 13.1 Å². The molecule has 43 heavy (non-hydrogen) atoms. The second-order valence-corrected chi connectivity index (χ2v) is 15.9. The van der Waals surface area contributed by atoms with Gasteiger partial charge in [0.2, 0.25) is 0 Å². The lowest BCUT2D eigenvalue weighted by atomic mass is 9.86. The molecule has 0 saturated heterocycles. The van der Waals surface area contributed by atoms with E-state index in [1.807, 2.05) is 28.2 Å². The van der Waals surface area contributed by atoms with Gasteiger partial charge in [-0.1, -0.05) is 25.2 Å². The molecule has 0 aromatic heterocycles. The van der Waals surface area contributed by atoms with Crippen LogP contribution < -0.4 is 26.2 Å². The van der Waals surface area contributed by atoms with E-state index in [1.165, 1.54) is 16.4 Å². The number of carbonyl (C=O) groups excluding carboxylic acids is 2. The predicted molar refractivity (Wildman–Crippen MR) is 172 cm³/mol. The van der Waals surface area contributed by atoms with E-state index in [2.05, 4.69) is 64.3 Å².